The topological polar surface area (TPSA) is 0 Å². The molecule has 5 aromatic carbocycles. The molecule has 0 spiro atoms. The maximum absolute atomic E-state index is 15.5. The standard InChI is InChI=1S/C28H14F7.Ga/c1-12-3-7-14(8-4-12)18-16-11-17(29)23(30)24(31)20(16)22-21(25(32)27(34)28(35)26(22)33)19(18)15-9-5-13(2)6-10-15;/h3-10H,1-2H3;. The Hall–Kier alpha value is -3.23. The first-order chi connectivity index (χ1) is 17.0. The number of halogens is 7. The van der Waals surface area contributed by atoms with Crippen molar-refractivity contribution in [2.24, 2.45) is 0 Å². The summed E-state index contributed by atoms with van der Waals surface area (Å²) in [5.74, 6) is -13.1. The van der Waals surface area contributed by atoms with Crippen LogP contribution in [0.2, 0.25) is 0 Å². The minimum atomic E-state index is -2.17. The summed E-state index contributed by atoms with van der Waals surface area (Å²) in [6.07, 6.45) is 0. The van der Waals surface area contributed by atoms with E-state index in [0.717, 1.165) is 11.1 Å². The Morgan fingerprint density at radius 1 is 0.417 bits per heavy atom. The molecule has 178 valence electrons. The molecule has 0 atom stereocenters. The van der Waals surface area contributed by atoms with Crippen molar-refractivity contribution in [2.45, 2.75) is 13.8 Å². The van der Waals surface area contributed by atoms with Crippen LogP contribution in [-0.4, -0.2) is 18.6 Å². The number of hydrogen-bond acceptors (Lipinski definition) is 0. The van der Waals surface area contributed by atoms with E-state index in [1.54, 1.807) is 62.4 Å². The van der Waals surface area contributed by atoms with Gasteiger partial charge in [-0.15, -0.1) is 0 Å². The zero-order valence-electron chi connectivity index (χ0n) is 18.8. The Kier molecular flexibility index (Phi) is 5.92. The van der Waals surface area contributed by atoms with Crippen LogP contribution >= 0.6 is 0 Å². The summed E-state index contributed by atoms with van der Waals surface area (Å²) in [6.45, 7) is 3.60. The van der Waals surface area contributed by atoms with Crippen molar-refractivity contribution in [3.63, 3.8) is 0 Å². The predicted octanol–water partition coefficient (Wildman–Crippen LogP) is 7.71. The van der Waals surface area contributed by atoms with Gasteiger partial charge in [0.15, 0.2) is 0 Å². The summed E-state index contributed by atoms with van der Waals surface area (Å²) in [4.78, 5) is 0. The molecule has 0 unspecified atom stereocenters. The Morgan fingerprint density at radius 3 is 1.19 bits per heavy atom. The van der Waals surface area contributed by atoms with Crippen LogP contribution in [0.4, 0.5) is 30.7 Å². The molecule has 0 nitrogen and oxygen atoms in total. The van der Waals surface area contributed by atoms with Gasteiger partial charge in [-0.1, -0.05) is 0 Å². The fraction of sp³-hybridized carbons (Fsp3) is 0.0714. The van der Waals surface area contributed by atoms with Gasteiger partial charge in [-0.05, 0) is 0 Å². The van der Waals surface area contributed by atoms with Gasteiger partial charge in [-0.3, -0.25) is 0 Å². The Balaban J connectivity index is 2.23. The molecule has 0 saturated heterocycles. The normalized spacial score (nSPS) is 11.6. The summed E-state index contributed by atoms with van der Waals surface area (Å²) < 4.78 is 104. The van der Waals surface area contributed by atoms with Gasteiger partial charge >= 0.3 is 211 Å². The fourth-order valence-electron chi connectivity index (χ4n) is 4.54. The minimum absolute atomic E-state index is 0.0443. The van der Waals surface area contributed by atoms with E-state index in [1.807, 2.05) is 0 Å². The van der Waals surface area contributed by atoms with Gasteiger partial charge in [-0.25, -0.2) is 0 Å². The van der Waals surface area contributed by atoms with Gasteiger partial charge in [0, 0.05) is 0 Å². The zero-order valence-corrected chi connectivity index (χ0v) is 21.3. The zero-order chi connectivity index (χ0) is 26.0. The van der Waals surface area contributed by atoms with E-state index in [4.69, 9.17) is 0 Å². The van der Waals surface area contributed by atoms with Crippen molar-refractivity contribution >= 4 is 44.3 Å². The number of hydrogen-bond donors (Lipinski definition) is 0. The molecular formula is C28H14F7Ga. The summed E-state index contributed by atoms with van der Waals surface area (Å²) >= 11 is 0.570. The maximum atomic E-state index is 15.5. The Morgan fingerprint density at radius 2 is 0.750 bits per heavy atom. The van der Waals surface area contributed by atoms with Crippen LogP contribution in [0.1, 0.15) is 11.1 Å². The van der Waals surface area contributed by atoms with E-state index in [2.05, 4.69) is 0 Å². The predicted molar refractivity (Wildman–Crippen MR) is 127 cm³/mol. The molecule has 0 saturated carbocycles. The van der Waals surface area contributed by atoms with Crippen LogP contribution in [0.25, 0.3) is 43.8 Å². The monoisotopic (exact) mass is 552 g/mol. The quantitative estimate of drug-likeness (QED) is 0.0691. The van der Waals surface area contributed by atoms with Crippen molar-refractivity contribution in [1.29, 1.82) is 0 Å². The summed E-state index contributed by atoms with van der Waals surface area (Å²) in [7, 11) is 0. The first kappa shape index (κ1) is 24.5. The van der Waals surface area contributed by atoms with Crippen LogP contribution in [0, 0.1) is 54.6 Å². The van der Waals surface area contributed by atoms with E-state index in [9.17, 15) is 17.6 Å². The van der Waals surface area contributed by atoms with Crippen LogP contribution in [0.3, 0.4) is 0 Å². The number of benzene rings is 5. The SMILES string of the molecule is Cc1ccc(-c2c(-c3ccc(C)cc3)c3[c]([Ga])c(F)c(F)c(F)c3c3c(F)c(F)c(F)c(F)c23)cc1. The number of aryl methyl sites for hydroxylation is 2. The summed E-state index contributed by atoms with van der Waals surface area (Å²) in [5.41, 5.74) is 2.23. The molecule has 5 rings (SSSR count). The average molecular weight is 553 g/mol. The molecule has 5 aromatic rings. The van der Waals surface area contributed by atoms with E-state index < -0.39 is 56.9 Å². The number of fused-ring (bicyclic) bond motifs is 3. The second kappa shape index (κ2) is 8.71. The van der Waals surface area contributed by atoms with Crippen LogP contribution < -0.4 is 4.12 Å². The van der Waals surface area contributed by atoms with Gasteiger partial charge in [0.1, 0.15) is 0 Å². The third kappa shape index (κ3) is 3.46. The van der Waals surface area contributed by atoms with Crippen LogP contribution in [0.15, 0.2) is 48.5 Å². The summed E-state index contributed by atoms with van der Waals surface area (Å²) in [5, 5.41) is -2.87. The second-order valence-corrected chi connectivity index (χ2v) is 9.80. The second-order valence-electron chi connectivity index (χ2n) is 8.59. The molecule has 8 heteroatoms. The molecule has 0 N–H and O–H groups in total. The molecule has 36 heavy (non-hydrogen) atoms. The van der Waals surface area contributed by atoms with E-state index >= 15 is 13.2 Å². The molecule has 0 fully saturated rings. The molecule has 0 heterocycles. The van der Waals surface area contributed by atoms with Crippen molar-refractivity contribution in [3.8, 4) is 22.3 Å². The van der Waals surface area contributed by atoms with Gasteiger partial charge in [0.05, 0.1) is 0 Å². The third-order valence-electron chi connectivity index (χ3n) is 6.31. The first-order valence-corrected chi connectivity index (χ1v) is 12.0. The van der Waals surface area contributed by atoms with Crippen LogP contribution in [0.5, 0.6) is 0 Å². The first-order valence-electron chi connectivity index (χ1n) is 10.8. The molecular weight excluding hydrogens is 539 g/mol. The van der Waals surface area contributed by atoms with Crippen molar-refractivity contribution in [3.05, 3.63) is 100 Å². The average Bonchev–Trinajstić information content (AvgIpc) is 2.87. The molecule has 0 aliphatic rings. The fourth-order valence-corrected chi connectivity index (χ4v) is 5.41. The number of rotatable bonds is 2. The molecule has 0 aromatic heterocycles. The molecule has 0 bridgehead atoms. The van der Waals surface area contributed by atoms with E-state index in [-0.39, 0.29) is 26.2 Å². The molecule has 0 amide bonds. The van der Waals surface area contributed by atoms with Crippen molar-refractivity contribution in [1.82, 2.24) is 0 Å². The summed E-state index contributed by atoms with van der Waals surface area (Å²) in [6, 6.07) is 13.1. The molecule has 0 aliphatic carbocycles. The van der Waals surface area contributed by atoms with E-state index in [1.165, 1.54) is 0 Å². The van der Waals surface area contributed by atoms with Gasteiger partial charge < -0.3 is 0 Å². The van der Waals surface area contributed by atoms with Crippen molar-refractivity contribution < 1.29 is 30.7 Å². The van der Waals surface area contributed by atoms with Crippen molar-refractivity contribution in [2.75, 3.05) is 0 Å². The Bertz CT molecular complexity index is 1580. The van der Waals surface area contributed by atoms with Gasteiger partial charge in [0.25, 0.3) is 0 Å². The van der Waals surface area contributed by atoms with Gasteiger partial charge in [0.2, 0.25) is 0 Å². The Labute approximate surface area is 211 Å². The van der Waals surface area contributed by atoms with E-state index in [0.29, 0.717) is 24.2 Å². The molecule has 2 radical (unpaired) electrons. The van der Waals surface area contributed by atoms with Gasteiger partial charge in [-0.2, -0.15) is 0 Å². The third-order valence-corrected chi connectivity index (χ3v) is 7.45. The molecule has 0 aliphatic heterocycles. The van der Waals surface area contributed by atoms with Crippen LogP contribution in [-0.2, 0) is 0 Å².